The lowest BCUT2D eigenvalue weighted by atomic mass is 10.0. The Hall–Kier alpha value is -0.800. The van der Waals surface area contributed by atoms with Gasteiger partial charge in [0.05, 0.1) is 0 Å². The summed E-state index contributed by atoms with van der Waals surface area (Å²) in [5.41, 5.74) is 1.37. The van der Waals surface area contributed by atoms with Crippen molar-refractivity contribution in [2.45, 2.75) is 44.3 Å². The lowest BCUT2D eigenvalue weighted by Crippen LogP contribution is -2.43. The molecule has 3 heteroatoms. The van der Waals surface area contributed by atoms with E-state index in [1.54, 1.807) is 0 Å². The fraction of sp³-hybridized carbons (Fsp3) is 0.692. The minimum atomic E-state index is 0.727. The standard InChI is InChI=1S/C13H21N3/c1-2-13(1)16-7-4-12(5-8-16)15-10-11-3-6-14-9-11/h3,6,9,12-15H,1-2,4-5,7-8,10H2. The van der Waals surface area contributed by atoms with Crippen molar-refractivity contribution in [1.29, 1.82) is 0 Å². The largest absolute Gasteiger partial charge is 0.367 e. The Morgan fingerprint density at radius 2 is 2.06 bits per heavy atom. The van der Waals surface area contributed by atoms with Crippen LogP contribution in [0.5, 0.6) is 0 Å². The first-order chi connectivity index (χ1) is 7.92. The quantitative estimate of drug-likeness (QED) is 0.808. The number of piperidine rings is 1. The van der Waals surface area contributed by atoms with Crippen LogP contribution in [-0.4, -0.2) is 35.1 Å². The lowest BCUT2D eigenvalue weighted by Gasteiger charge is -2.32. The van der Waals surface area contributed by atoms with E-state index in [1.807, 2.05) is 6.20 Å². The molecule has 1 saturated carbocycles. The minimum absolute atomic E-state index is 0.727. The second-order valence-corrected chi connectivity index (χ2v) is 5.14. The Kier molecular flexibility index (Phi) is 2.98. The van der Waals surface area contributed by atoms with Crippen LogP contribution in [0.25, 0.3) is 0 Å². The predicted octanol–water partition coefficient (Wildman–Crippen LogP) is 1.73. The van der Waals surface area contributed by atoms with Crippen LogP contribution in [0.3, 0.4) is 0 Å². The van der Waals surface area contributed by atoms with Gasteiger partial charge in [0.1, 0.15) is 0 Å². The molecule has 3 rings (SSSR count). The molecule has 1 aromatic rings. The third-order valence-electron chi connectivity index (χ3n) is 3.85. The Labute approximate surface area is 97.2 Å². The molecule has 1 aliphatic carbocycles. The van der Waals surface area contributed by atoms with E-state index in [0.717, 1.165) is 18.6 Å². The molecule has 2 heterocycles. The maximum Gasteiger partial charge on any atom is 0.0223 e. The van der Waals surface area contributed by atoms with E-state index in [-0.39, 0.29) is 0 Å². The number of hydrogen-bond donors (Lipinski definition) is 2. The van der Waals surface area contributed by atoms with E-state index in [2.05, 4.69) is 27.5 Å². The maximum absolute atomic E-state index is 3.66. The highest BCUT2D eigenvalue weighted by atomic mass is 15.2. The summed E-state index contributed by atoms with van der Waals surface area (Å²) in [6, 6.07) is 3.82. The summed E-state index contributed by atoms with van der Waals surface area (Å²) in [6.45, 7) is 3.61. The Balaban J connectivity index is 1.40. The molecule has 88 valence electrons. The van der Waals surface area contributed by atoms with Crippen LogP contribution in [0.4, 0.5) is 0 Å². The van der Waals surface area contributed by atoms with E-state index < -0.39 is 0 Å². The highest BCUT2D eigenvalue weighted by Crippen LogP contribution is 2.29. The monoisotopic (exact) mass is 219 g/mol. The molecule has 3 nitrogen and oxygen atoms in total. The fourth-order valence-electron chi connectivity index (χ4n) is 2.64. The van der Waals surface area contributed by atoms with Gasteiger partial charge in [0.25, 0.3) is 0 Å². The van der Waals surface area contributed by atoms with E-state index in [9.17, 15) is 0 Å². The molecule has 0 bridgehead atoms. The zero-order valence-electron chi connectivity index (χ0n) is 9.78. The summed E-state index contributed by atoms with van der Waals surface area (Å²) in [4.78, 5) is 5.77. The van der Waals surface area contributed by atoms with Gasteiger partial charge in [-0.15, -0.1) is 0 Å². The van der Waals surface area contributed by atoms with E-state index in [0.29, 0.717) is 0 Å². The zero-order chi connectivity index (χ0) is 10.8. The molecule has 0 unspecified atom stereocenters. The molecule has 1 aromatic heterocycles. The van der Waals surface area contributed by atoms with Crippen molar-refractivity contribution in [3.8, 4) is 0 Å². The van der Waals surface area contributed by atoms with Crippen molar-refractivity contribution in [2.75, 3.05) is 13.1 Å². The fourth-order valence-corrected chi connectivity index (χ4v) is 2.64. The second kappa shape index (κ2) is 4.60. The van der Waals surface area contributed by atoms with Gasteiger partial charge in [-0.05, 0) is 50.4 Å². The molecule has 2 fully saturated rings. The predicted molar refractivity (Wildman–Crippen MR) is 65.2 cm³/mol. The van der Waals surface area contributed by atoms with Gasteiger partial charge in [0, 0.05) is 31.0 Å². The molecule has 0 atom stereocenters. The topological polar surface area (TPSA) is 31.1 Å². The highest BCUT2D eigenvalue weighted by molar-refractivity contribution is 5.07. The summed E-state index contributed by atoms with van der Waals surface area (Å²) >= 11 is 0. The van der Waals surface area contributed by atoms with Crippen molar-refractivity contribution in [3.05, 3.63) is 24.0 Å². The van der Waals surface area contributed by atoms with Crippen LogP contribution in [0.2, 0.25) is 0 Å². The Bertz CT molecular complexity index is 308. The van der Waals surface area contributed by atoms with Crippen LogP contribution in [0.15, 0.2) is 18.5 Å². The third kappa shape index (κ3) is 2.47. The smallest absolute Gasteiger partial charge is 0.0223 e. The SMILES string of the molecule is c1cc(CNC2CCN(C3CC3)CC2)c[nH]1. The van der Waals surface area contributed by atoms with Crippen LogP contribution in [-0.2, 0) is 6.54 Å². The van der Waals surface area contributed by atoms with Gasteiger partial charge in [-0.3, -0.25) is 0 Å². The molecule has 2 aliphatic rings. The molecule has 16 heavy (non-hydrogen) atoms. The van der Waals surface area contributed by atoms with Crippen LogP contribution < -0.4 is 5.32 Å². The molecule has 0 radical (unpaired) electrons. The summed E-state index contributed by atoms with van der Waals surface area (Å²) < 4.78 is 0. The van der Waals surface area contributed by atoms with Crippen molar-refractivity contribution >= 4 is 0 Å². The van der Waals surface area contributed by atoms with Gasteiger partial charge in [0.15, 0.2) is 0 Å². The molecule has 0 aromatic carbocycles. The second-order valence-electron chi connectivity index (χ2n) is 5.14. The van der Waals surface area contributed by atoms with Gasteiger partial charge >= 0.3 is 0 Å². The summed E-state index contributed by atoms with van der Waals surface area (Å²) in [6.07, 6.45) is 9.60. The lowest BCUT2D eigenvalue weighted by molar-refractivity contribution is 0.189. The number of aromatic nitrogens is 1. The van der Waals surface area contributed by atoms with Gasteiger partial charge in [-0.1, -0.05) is 0 Å². The van der Waals surface area contributed by atoms with Gasteiger partial charge in [-0.2, -0.15) is 0 Å². The molecule has 0 amide bonds. The van der Waals surface area contributed by atoms with E-state index in [1.165, 1.54) is 44.3 Å². The summed E-state index contributed by atoms with van der Waals surface area (Å²) in [5, 5.41) is 3.66. The first kappa shape index (κ1) is 10.4. The van der Waals surface area contributed by atoms with Gasteiger partial charge < -0.3 is 15.2 Å². The summed E-state index contributed by atoms with van der Waals surface area (Å²) in [5.74, 6) is 0. The van der Waals surface area contributed by atoms with Crippen molar-refractivity contribution < 1.29 is 0 Å². The summed E-state index contributed by atoms with van der Waals surface area (Å²) in [7, 11) is 0. The third-order valence-corrected chi connectivity index (χ3v) is 3.85. The van der Waals surface area contributed by atoms with Gasteiger partial charge in [-0.25, -0.2) is 0 Å². The number of H-pyrrole nitrogens is 1. The molecular formula is C13H21N3. The normalized spacial score (nSPS) is 23.8. The zero-order valence-corrected chi connectivity index (χ0v) is 9.78. The number of nitrogens with one attached hydrogen (secondary N) is 2. The number of likely N-dealkylation sites (tertiary alicyclic amines) is 1. The Morgan fingerprint density at radius 1 is 1.25 bits per heavy atom. The number of aromatic amines is 1. The van der Waals surface area contributed by atoms with Crippen molar-refractivity contribution in [3.63, 3.8) is 0 Å². The minimum Gasteiger partial charge on any atom is -0.367 e. The average Bonchev–Trinajstić information content (AvgIpc) is 3.05. The van der Waals surface area contributed by atoms with Crippen LogP contribution in [0, 0.1) is 0 Å². The molecule has 1 aliphatic heterocycles. The van der Waals surface area contributed by atoms with Crippen LogP contribution in [0.1, 0.15) is 31.2 Å². The Morgan fingerprint density at radius 3 is 2.69 bits per heavy atom. The molecule has 1 saturated heterocycles. The number of nitrogens with zero attached hydrogens (tertiary/aromatic N) is 1. The van der Waals surface area contributed by atoms with Crippen LogP contribution >= 0.6 is 0 Å². The van der Waals surface area contributed by atoms with Crippen molar-refractivity contribution in [1.82, 2.24) is 15.2 Å². The molecule has 0 spiro atoms. The van der Waals surface area contributed by atoms with Gasteiger partial charge in [0.2, 0.25) is 0 Å². The maximum atomic E-state index is 3.66. The number of rotatable bonds is 4. The number of hydrogen-bond acceptors (Lipinski definition) is 2. The first-order valence-corrected chi connectivity index (χ1v) is 6.51. The van der Waals surface area contributed by atoms with E-state index in [4.69, 9.17) is 0 Å². The van der Waals surface area contributed by atoms with E-state index >= 15 is 0 Å². The highest BCUT2D eigenvalue weighted by Gasteiger charge is 2.31. The molecular weight excluding hydrogens is 198 g/mol. The first-order valence-electron chi connectivity index (χ1n) is 6.51. The van der Waals surface area contributed by atoms with Crippen molar-refractivity contribution in [2.24, 2.45) is 0 Å². The average molecular weight is 219 g/mol. The molecule has 2 N–H and O–H groups in total.